The Labute approximate surface area is 226 Å². The first-order chi connectivity index (χ1) is 17.9. The van der Waals surface area contributed by atoms with E-state index in [1.54, 1.807) is 101 Å². The largest absolute Gasteiger partial charge is 0.459 e. The summed E-state index contributed by atoms with van der Waals surface area (Å²) in [5.41, 5.74) is -1.52. The van der Waals surface area contributed by atoms with Gasteiger partial charge in [-0.25, -0.2) is 14.4 Å². The van der Waals surface area contributed by atoms with Crippen LogP contribution in [0.15, 0.2) is 91.0 Å². The van der Waals surface area contributed by atoms with E-state index < -0.39 is 48.6 Å². The molecule has 3 aromatic carbocycles. The molecule has 37 heavy (non-hydrogen) atoms. The molecule has 0 amide bonds. The van der Waals surface area contributed by atoms with Crippen molar-refractivity contribution < 1.29 is 38.4 Å². The lowest BCUT2D eigenvalue weighted by atomic mass is 9.95. The maximum absolute atomic E-state index is 12.9. The fourth-order valence-electron chi connectivity index (χ4n) is 3.68. The van der Waals surface area contributed by atoms with E-state index in [1.165, 1.54) is 12.1 Å². The van der Waals surface area contributed by atoms with Crippen molar-refractivity contribution in [3.63, 3.8) is 0 Å². The highest BCUT2D eigenvalue weighted by Crippen LogP contribution is 2.36. The number of hydrogen-bond acceptors (Lipinski definition) is 8. The Balaban J connectivity index is 1.60. The van der Waals surface area contributed by atoms with Crippen LogP contribution in [0.1, 0.15) is 31.1 Å². The first-order valence-electron chi connectivity index (χ1n) is 11.2. The van der Waals surface area contributed by atoms with E-state index in [9.17, 15) is 19.5 Å². The molecule has 9 heteroatoms. The Hall–Kier alpha value is -3.72. The van der Waals surface area contributed by atoms with E-state index in [0.717, 1.165) is 0 Å². The first-order valence-corrected chi connectivity index (χ1v) is 12.2. The summed E-state index contributed by atoms with van der Waals surface area (Å²) in [5.74, 6) is 0.359. The van der Waals surface area contributed by atoms with Gasteiger partial charge in [0.1, 0.15) is 12.7 Å². The van der Waals surface area contributed by atoms with Crippen LogP contribution in [-0.4, -0.2) is 53.7 Å². The molecule has 8 nitrogen and oxygen atoms in total. The summed E-state index contributed by atoms with van der Waals surface area (Å²) < 4.78 is 24.8. The third kappa shape index (κ3) is 6.17. The van der Waals surface area contributed by atoms with Gasteiger partial charge in [-0.1, -0.05) is 54.6 Å². The average Bonchev–Trinajstić information content (AvgIpc) is 3.18. The molecule has 0 bridgehead atoms. The molecule has 4 atom stereocenters. The molecule has 0 spiro atoms. The van der Waals surface area contributed by atoms with E-state index >= 15 is 0 Å². The molecule has 0 aliphatic carbocycles. The molecule has 0 aromatic heterocycles. The summed E-state index contributed by atoms with van der Waals surface area (Å²) in [5, 5.41) is 11.6. The number of ether oxygens (including phenoxy) is 4. The Morgan fingerprint density at radius 2 is 1.24 bits per heavy atom. The monoisotopic (exact) mass is 612 g/mol. The number of halogens is 1. The van der Waals surface area contributed by atoms with Gasteiger partial charge in [0.05, 0.1) is 16.7 Å². The van der Waals surface area contributed by atoms with Gasteiger partial charge in [-0.3, -0.25) is 0 Å². The van der Waals surface area contributed by atoms with Crippen LogP contribution in [0.3, 0.4) is 0 Å². The number of carbonyl (C=O) groups is 3. The second-order valence-corrected chi connectivity index (χ2v) is 8.52. The van der Waals surface area contributed by atoms with Crippen LogP contribution < -0.4 is 0 Å². The highest BCUT2D eigenvalue weighted by atomic mass is 127. The van der Waals surface area contributed by atoms with Crippen molar-refractivity contribution in [2.45, 2.75) is 24.1 Å². The molecule has 188 valence electrons. The third-order valence-electron chi connectivity index (χ3n) is 5.53. The second kappa shape index (κ2) is 12.0. The van der Waals surface area contributed by atoms with Crippen molar-refractivity contribution >= 4 is 40.5 Å². The predicted octanol–water partition coefficient (Wildman–Crippen LogP) is 3.78. The number of benzene rings is 3. The van der Waals surface area contributed by atoms with Crippen molar-refractivity contribution in [1.29, 1.82) is 0 Å². The van der Waals surface area contributed by atoms with Gasteiger partial charge < -0.3 is 24.1 Å². The van der Waals surface area contributed by atoms with E-state index in [-0.39, 0.29) is 11.1 Å². The maximum Gasteiger partial charge on any atom is 0.340 e. The van der Waals surface area contributed by atoms with Gasteiger partial charge in [0, 0.05) is 22.6 Å². The first kappa shape index (κ1) is 26.3. The topological polar surface area (TPSA) is 108 Å². The lowest BCUT2D eigenvalue weighted by Crippen LogP contribution is -2.51. The van der Waals surface area contributed by atoms with Gasteiger partial charge in [0.2, 0.25) is 11.9 Å². The zero-order chi connectivity index (χ0) is 26.3. The van der Waals surface area contributed by atoms with Crippen LogP contribution in [0.25, 0.3) is 0 Å². The van der Waals surface area contributed by atoms with Crippen LogP contribution in [0, 0.1) is 9.85 Å². The molecule has 1 N–H and O–H groups in total. The molecule has 1 aliphatic heterocycles. The summed E-state index contributed by atoms with van der Waals surface area (Å²) in [6, 6.07) is 24.5. The maximum atomic E-state index is 12.9. The van der Waals surface area contributed by atoms with Crippen molar-refractivity contribution in [1.82, 2.24) is 0 Å². The number of esters is 3. The Morgan fingerprint density at radius 1 is 0.784 bits per heavy atom. The van der Waals surface area contributed by atoms with E-state index in [1.807, 2.05) is 0 Å². The molecule has 1 heterocycles. The van der Waals surface area contributed by atoms with Gasteiger partial charge in [-0.15, -0.1) is 0 Å². The molecule has 1 aliphatic rings. The van der Waals surface area contributed by atoms with Crippen molar-refractivity contribution in [3.05, 3.63) is 108 Å². The molecule has 0 radical (unpaired) electrons. The van der Waals surface area contributed by atoms with Gasteiger partial charge in [0.15, 0.2) is 6.10 Å². The molecule has 2 unspecified atom stereocenters. The number of rotatable bonds is 7. The third-order valence-corrected chi connectivity index (χ3v) is 5.80. The normalized spacial score (nSPS) is 22.3. The standard InChI is InChI=1S/C28H21IO8/c29-17-16-28(33)23(36-25(31)20-12-6-2-7-13-20)22(18-34-24(30)19-10-4-1-5-11-19)35-27(28)37-26(32)21-14-8-3-9-15-21/h1-15,22-23,27,33H,18H2/t22-,23-,27?,28?/m1/s1. The smallest absolute Gasteiger partial charge is 0.340 e. The zero-order valence-electron chi connectivity index (χ0n) is 19.3. The molecule has 1 fully saturated rings. The molecular weight excluding hydrogens is 591 g/mol. The minimum atomic E-state index is -2.25. The fourth-order valence-corrected chi connectivity index (χ4v) is 4.11. The van der Waals surface area contributed by atoms with Crippen LogP contribution in [0.2, 0.25) is 0 Å². The Kier molecular flexibility index (Phi) is 8.55. The highest BCUT2D eigenvalue weighted by molar-refractivity contribution is 14.1. The van der Waals surface area contributed by atoms with Crippen LogP contribution in [-0.2, 0) is 18.9 Å². The van der Waals surface area contributed by atoms with Crippen LogP contribution >= 0.6 is 22.6 Å². The summed E-state index contributed by atoms with van der Waals surface area (Å²) in [6.45, 7) is -0.412. The number of hydrogen-bond donors (Lipinski definition) is 1. The molecule has 4 rings (SSSR count). The molecule has 3 aromatic rings. The van der Waals surface area contributed by atoms with Crippen LogP contribution in [0.4, 0.5) is 0 Å². The van der Waals surface area contributed by atoms with Crippen molar-refractivity contribution in [2.75, 3.05) is 6.61 Å². The SMILES string of the molecule is O=C(OC[C@H]1OC(OC(=O)c2ccccc2)C(O)(C#CI)[C@@H]1OC(=O)c1ccccc1)c1ccccc1. The summed E-state index contributed by atoms with van der Waals surface area (Å²) in [7, 11) is 0. The average molecular weight is 612 g/mol. The Bertz CT molecular complexity index is 1300. The predicted molar refractivity (Wildman–Crippen MR) is 140 cm³/mol. The fraction of sp³-hybridized carbons (Fsp3) is 0.179. The summed E-state index contributed by atoms with van der Waals surface area (Å²) in [4.78, 5) is 38.2. The van der Waals surface area contributed by atoms with E-state index in [4.69, 9.17) is 18.9 Å². The van der Waals surface area contributed by atoms with Crippen molar-refractivity contribution in [3.8, 4) is 9.85 Å². The molecule has 1 saturated heterocycles. The van der Waals surface area contributed by atoms with Crippen LogP contribution in [0.5, 0.6) is 0 Å². The summed E-state index contributed by atoms with van der Waals surface area (Å²) >= 11 is 1.70. The van der Waals surface area contributed by atoms with Gasteiger partial charge in [0.25, 0.3) is 0 Å². The minimum absolute atomic E-state index is 0.215. The highest BCUT2D eigenvalue weighted by Gasteiger charge is 2.60. The van der Waals surface area contributed by atoms with Gasteiger partial charge in [-0.2, -0.15) is 0 Å². The van der Waals surface area contributed by atoms with Gasteiger partial charge in [-0.05, 0) is 46.2 Å². The number of carbonyl (C=O) groups excluding carboxylic acids is 3. The summed E-state index contributed by atoms with van der Waals surface area (Å²) in [6.07, 6.45) is -4.30. The lowest BCUT2D eigenvalue weighted by Gasteiger charge is -2.28. The molecular formula is C28H21IO8. The zero-order valence-corrected chi connectivity index (χ0v) is 21.4. The van der Waals surface area contributed by atoms with Gasteiger partial charge >= 0.3 is 17.9 Å². The Morgan fingerprint density at radius 3 is 1.73 bits per heavy atom. The number of aliphatic hydroxyl groups is 1. The van der Waals surface area contributed by atoms with E-state index in [2.05, 4.69) is 9.85 Å². The van der Waals surface area contributed by atoms with Crippen molar-refractivity contribution in [2.24, 2.45) is 0 Å². The van der Waals surface area contributed by atoms with E-state index in [0.29, 0.717) is 5.56 Å². The lowest BCUT2D eigenvalue weighted by molar-refractivity contribution is -0.159. The second-order valence-electron chi connectivity index (χ2n) is 7.98. The quantitative estimate of drug-likeness (QED) is 0.186. The minimum Gasteiger partial charge on any atom is -0.459 e. The molecule has 0 saturated carbocycles.